The number of fused-ring (bicyclic) bond motifs is 1. The Hall–Kier alpha value is -1.07. The number of halogens is 2. The van der Waals surface area contributed by atoms with Crippen molar-refractivity contribution in [2.45, 2.75) is 0 Å². The highest BCUT2D eigenvalue weighted by atomic mass is 127. The van der Waals surface area contributed by atoms with Crippen LogP contribution >= 0.6 is 34.2 Å². The summed E-state index contributed by atoms with van der Waals surface area (Å²) in [4.78, 5) is 4.56. The molecule has 4 heteroatoms. The average Bonchev–Trinajstić information content (AvgIpc) is 2.72. The Morgan fingerprint density at radius 3 is 2.53 bits per heavy atom. The maximum Gasteiger partial charge on any atom is 0.137 e. The van der Waals surface area contributed by atoms with E-state index in [9.17, 15) is 0 Å². The number of benzene rings is 1. The lowest BCUT2D eigenvalue weighted by atomic mass is 10.2. The van der Waals surface area contributed by atoms with Crippen molar-refractivity contribution in [1.29, 1.82) is 0 Å². The van der Waals surface area contributed by atoms with E-state index < -0.39 is 0 Å². The fourth-order valence-corrected chi connectivity index (χ4v) is 2.25. The fourth-order valence-electron chi connectivity index (χ4n) is 1.72. The number of pyridine rings is 1. The summed E-state index contributed by atoms with van der Waals surface area (Å²) in [5.74, 6) is 0. The van der Waals surface area contributed by atoms with E-state index in [1.807, 2.05) is 28.9 Å². The Morgan fingerprint density at radius 2 is 1.76 bits per heavy atom. The molecule has 2 aromatic heterocycles. The van der Waals surface area contributed by atoms with E-state index in [-0.39, 0.29) is 0 Å². The first kappa shape index (κ1) is 11.0. The first-order chi connectivity index (χ1) is 8.22. The summed E-state index contributed by atoms with van der Waals surface area (Å²) in [5.41, 5.74) is 2.98. The zero-order valence-electron chi connectivity index (χ0n) is 8.77. The Bertz CT molecular complexity index is 673. The lowest BCUT2D eigenvalue weighted by Crippen LogP contribution is -1.79. The van der Waals surface area contributed by atoms with Gasteiger partial charge in [0.1, 0.15) is 5.65 Å². The molecule has 2 nitrogen and oxygen atoms in total. The van der Waals surface area contributed by atoms with Crippen LogP contribution in [0.3, 0.4) is 0 Å². The highest BCUT2D eigenvalue weighted by molar-refractivity contribution is 14.1. The van der Waals surface area contributed by atoms with E-state index in [2.05, 4.69) is 51.8 Å². The smallest absolute Gasteiger partial charge is 0.137 e. The summed E-state index contributed by atoms with van der Waals surface area (Å²) in [6.45, 7) is 0. The predicted molar refractivity (Wildman–Crippen MR) is 78.4 cm³/mol. The molecule has 0 spiro atoms. The lowest BCUT2D eigenvalue weighted by Gasteiger charge is -1.95. The van der Waals surface area contributed by atoms with Crippen molar-refractivity contribution in [3.63, 3.8) is 0 Å². The van der Waals surface area contributed by atoms with Crippen molar-refractivity contribution in [1.82, 2.24) is 9.38 Å². The largest absolute Gasteiger partial charge is 0.305 e. The molecule has 17 heavy (non-hydrogen) atoms. The summed E-state index contributed by atoms with van der Waals surface area (Å²) in [6.07, 6.45) is 3.85. The van der Waals surface area contributed by atoms with E-state index in [4.69, 9.17) is 11.6 Å². The quantitative estimate of drug-likeness (QED) is 0.597. The Kier molecular flexibility index (Phi) is 2.80. The van der Waals surface area contributed by atoms with Crippen molar-refractivity contribution >= 4 is 39.8 Å². The van der Waals surface area contributed by atoms with Crippen LogP contribution in [0.25, 0.3) is 16.9 Å². The van der Waals surface area contributed by atoms with E-state index >= 15 is 0 Å². The van der Waals surface area contributed by atoms with Gasteiger partial charge >= 0.3 is 0 Å². The van der Waals surface area contributed by atoms with Gasteiger partial charge in [-0.2, -0.15) is 0 Å². The van der Waals surface area contributed by atoms with Crippen molar-refractivity contribution in [2.75, 3.05) is 0 Å². The minimum Gasteiger partial charge on any atom is -0.305 e. The van der Waals surface area contributed by atoms with Crippen molar-refractivity contribution in [3.05, 3.63) is 57.4 Å². The second-order valence-electron chi connectivity index (χ2n) is 3.75. The second kappa shape index (κ2) is 4.31. The zero-order valence-corrected chi connectivity index (χ0v) is 11.7. The molecule has 0 fully saturated rings. The molecule has 0 saturated carbocycles. The molecule has 0 radical (unpaired) electrons. The number of imidazole rings is 1. The summed E-state index contributed by atoms with van der Waals surface area (Å²) >= 11 is 8.24. The maximum absolute atomic E-state index is 5.95. The third-order valence-corrected chi connectivity index (χ3v) is 3.50. The first-order valence-electron chi connectivity index (χ1n) is 5.12. The van der Waals surface area contributed by atoms with E-state index in [1.165, 1.54) is 3.57 Å². The molecule has 0 unspecified atom stereocenters. The normalized spacial score (nSPS) is 10.9. The van der Waals surface area contributed by atoms with Crippen LogP contribution in [0.2, 0.25) is 5.02 Å². The van der Waals surface area contributed by atoms with Gasteiger partial charge < -0.3 is 4.40 Å². The van der Waals surface area contributed by atoms with Gasteiger partial charge in [0, 0.05) is 21.5 Å². The third kappa shape index (κ3) is 2.17. The summed E-state index contributed by atoms with van der Waals surface area (Å²) < 4.78 is 3.16. The van der Waals surface area contributed by atoms with Gasteiger partial charge in [-0.15, -0.1) is 0 Å². The Balaban J connectivity index is 2.14. The highest BCUT2D eigenvalue weighted by Gasteiger charge is 2.04. The summed E-state index contributed by atoms with van der Waals surface area (Å²) in [5, 5.41) is 0.712. The molecule has 0 N–H and O–H groups in total. The van der Waals surface area contributed by atoms with Crippen LogP contribution in [0.4, 0.5) is 0 Å². The minimum atomic E-state index is 0.712. The van der Waals surface area contributed by atoms with Crippen LogP contribution in [0.15, 0.2) is 48.8 Å². The second-order valence-corrected chi connectivity index (χ2v) is 5.43. The van der Waals surface area contributed by atoms with Crippen LogP contribution in [-0.2, 0) is 0 Å². The van der Waals surface area contributed by atoms with Gasteiger partial charge in [-0.1, -0.05) is 23.7 Å². The topological polar surface area (TPSA) is 17.3 Å². The lowest BCUT2D eigenvalue weighted by molar-refractivity contribution is 1.19. The number of rotatable bonds is 1. The molecule has 1 aromatic carbocycles. The molecule has 0 bridgehead atoms. The molecule has 0 atom stereocenters. The van der Waals surface area contributed by atoms with Crippen LogP contribution in [0, 0.1) is 3.57 Å². The van der Waals surface area contributed by atoms with Gasteiger partial charge in [0.2, 0.25) is 0 Å². The zero-order chi connectivity index (χ0) is 11.8. The fraction of sp³-hybridized carbons (Fsp3) is 0. The molecular formula is C13H8ClIN2. The Labute approximate surface area is 117 Å². The summed E-state index contributed by atoms with van der Waals surface area (Å²) in [7, 11) is 0. The molecular weight excluding hydrogens is 347 g/mol. The van der Waals surface area contributed by atoms with Crippen molar-refractivity contribution in [3.8, 4) is 11.3 Å². The predicted octanol–water partition coefficient (Wildman–Crippen LogP) is 4.26. The number of nitrogens with zero attached hydrogens (tertiary/aromatic N) is 2. The molecule has 84 valence electrons. The van der Waals surface area contributed by atoms with Gasteiger partial charge in [-0.05, 0) is 46.9 Å². The maximum atomic E-state index is 5.95. The van der Waals surface area contributed by atoms with Gasteiger partial charge in [-0.25, -0.2) is 4.98 Å². The van der Waals surface area contributed by atoms with Crippen molar-refractivity contribution in [2.24, 2.45) is 0 Å². The Morgan fingerprint density at radius 1 is 1.00 bits per heavy atom. The monoisotopic (exact) mass is 354 g/mol. The van der Waals surface area contributed by atoms with Crippen LogP contribution in [0.5, 0.6) is 0 Å². The van der Waals surface area contributed by atoms with E-state index in [1.54, 1.807) is 0 Å². The van der Waals surface area contributed by atoms with Gasteiger partial charge in [0.15, 0.2) is 0 Å². The first-order valence-corrected chi connectivity index (χ1v) is 6.58. The molecule has 3 rings (SSSR count). The third-order valence-electron chi connectivity index (χ3n) is 2.55. The molecule has 0 aliphatic heterocycles. The van der Waals surface area contributed by atoms with Crippen LogP contribution in [-0.4, -0.2) is 9.38 Å². The molecule has 0 saturated heterocycles. The van der Waals surface area contributed by atoms with Crippen LogP contribution < -0.4 is 0 Å². The van der Waals surface area contributed by atoms with Gasteiger partial charge in [0.25, 0.3) is 0 Å². The van der Waals surface area contributed by atoms with Crippen molar-refractivity contribution < 1.29 is 0 Å². The highest BCUT2D eigenvalue weighted by Crippen LogP contribution is 2.21. The van der Waals surface area contributed by atoms with E-state index in [0.717, 1.165) is 16.9 Å². The minimum absolute atomic E-state index is 0.712. The van der Waals surface area contributed by atoms with Crippen LogP contribution in [0.1, 0.15) is 0 Å². The standard InChI is InChI=1S/C13H8ClIN2/c14-10-3-6-13-16-12(8-17(13)7-10)9-1-4-11(15)5-2-9/h1-8H. The number of hydrogen-bond donors (Lipinski definition) is 0. The van der Waals surface area contributed by atoms with Gasteiger partial charge in [-0.3, -0.25) is 0 Å². The SMILES string of the molecule is Clc1ccc2nc(-c3ccc(I)cc3)cn2c1. The average molecular weight is 355 g/mol. The summed E-state index contributed by atoms with van der Waals surface area (Å²) in [6, 6.07) is 12.1. The molecule has 2 heterocycles. The molecule has 0 aliphatic rings. The molecule has 3 aromatic rings. The van der Waals surface area contributed by atoms with E-state index in [0.29, 0.717) is 5.02 Å². The van der Waals surface area contributed by atoms with Gasteiger partial charge in [0.05, 0.1) is 10.7 Å². The number of aromatic nitrogens is 2. The number of hydrogen-bond acceptors (Lipinski definition) is 1. The molecule has 0 amide bonds. The molecule has 0 aliphatic carbocycles.